The minimum absolute atomic E-state index is 0.0902. The number of benzene rings is 3. The highest BCUT2D eigenvalue weighted by molar-refractivity contribution is 6.10. The smallest absolute Gasteiger partial charge is 0.193 e. The lowest BCUT2D eigenvalue weighted by atomic mass is 10.1. The molecule has 0 amide bonds. The number of carbonyl (C=O) groups is 1. The highest BCUT2D eigenvalue weighted by Crippen LogP contribution is 2.33. The van der Waals surface area contributed by atoms with Gasteiger partial charge in [-0.15, -0.1) is 0 Å². The van der Waals surface area contributed by atoms with Gasteiger partial charge in [0.05, 0.1) is 14.2 Å². The summed E-state index contributed by atoms with van der Waals surface area (Å²) < 4.78 is 16.0. The highest BCUT2D eigenvalue weighted by Gasteiger charge is 2.17. The number of rotatable bonds is 8. The van der Waals surface area contributed by atoms with Crippen LogP contribution in [0.2, 0.25) is 0 Å². The van der Waals surface area contributed by atoms with Crippen molar-refractivity contribution in [1.29, 1.82) is 0 Å². The fourth-order valence-corrected chi connectivity index (χ4v) is 2.77. The molecule has 0 fully saturated rings. The number of methoxy groups -OCH3 is 2. The van der Waals surface area contributed by atoms with Crippen LogP contribution < -0.4 is 14.2 Å². The first-order valence-corrected chi connectivity index (χ1v) is 9.05. The molecule has 0 atom stereocenters. The summed E-state index contributed by atoms with van der Waals surface area (Å²) in [5.41, 5.74) is 2.01. The van der Waals surface area contributed by atoms with Crippen LogP contribution in [0.1, 0.15) is 21.5 Å². The van der Waals surface area contributed by atoms with Gasteiger partial charge in [-0.2, -0.15) is 0 Å². The predicted octanol–water partition coefficient (Wildman–Crippen LogP) is 4.88. The van der Waals surface area contributed by atoms with E-state index in [0.717, 1.165) is 16.9 Å². The normalized spacial score (nSPS) is 10.7. The average molecular weight is 390 g/mol. The van der Waals surface area contributed by atoms with Gasteiger partial charge in [0.25, 0.3) is 0 Å². The third kappa shape index (κ3) is 5.17. The fraction of sp³-hybridized carbons (Fsp3) is 0.125. The van der Waals surface area contributed by atoms with Crippen molar-refractivity contribution in [3.63, 3.8) is 0 Å². The molecule has 3 aromatic rings. The average Bonchev–Trinajstić information content (AvgIpc) is 2.76. The number of phenolic OH excluding ortho intramolecular Hbond substituents is 1. The number of carbonyl (C=O) groups excluding carboxylic acids is 1. The van der Waals surface area contributed by atoms with Crippen molar-refractivity contribution in [3.8, 4) is 23.0 Å². The Morgan fingerprint density at radius 1 is 0.931 bits per heavy atom. The number of allylic oxidation sites excluding steroid dienone is 1. The fourth-order valence-electron chi connectivity index (χ4n) is 2.77. The summed E-state index contributed by atoms with van der Waals surface area (Å²) >= 11 is 0. The maximum absolute atomic E-state index is 12.6. The zero-order valence-corrected chi connectivity index (χ0v) is 16.3. The van der Waals surface area contributed by atoms with Crippen molar-refractivity contribution in [2.75, 3.05) is 14.2 Å². The quantitative estimate of drug-likeness (QED) is 0.438. The van der Waals surface area contributed by atoms with Gasteiger partial charge in [-0.05, 0) is 29.3 Å². The molecule has 0 saturated carbocycles. The van der Waals surface area contributed by atoms with Crippen LogP contribution in [0.4, 0.5) is 0 Å². The molecule has 0 bridgehead atoms. The molecular weight excluding hydrogens is 368 g/mol. The Hall–Kier alpha value is -3.73. The maximum Gasteiger partial charge on any atom is 0.193 e. The summed E-state index contributed by atoms with van der Waals surface area (Å²) in [6, 6.07) is 20.3. The number of ketones is 1. The molecule has 0 aliphatic heterocycles. The maximum atomic E-state index is 12.6. The van der Waals surface area contributed by atoms with Crippen molar-refractivity contribution in [2.45, 2.75) is 6.61 Å². The minimum Gasteiger partial charge on any atom is -0.507 e. The van der Waals surface area contributed by atoms with E-state index in [4.69, 9.17) is 14.2 Å². The van der Waals surface area contributed by atoms with Gasteiger partial charge in [-0.25, -0.2) is 0 Å². The number of aromatic hydroxyl groups is 1. The van der Waals surface area contributed by atoms with Gasteiger partial charge >= 0.3 is 0 Å². The Balaban J connectivity index is 1.67. The molecule has 5 nitrogen and oxygen atoms in total. The standard InChI is InChI=1S/C24H22O5/c1-27-20-14-22(26)24(23(15-20)28-2)21(25)13-10-17-8-11-19(12-9-17)29-16-18-6-4-3-5-7-18/h3-15,26H,16H2,1-2H3/b13-10+. The molecule has 148 valence electrons. The van der Waals surface area contributed by atoms with Gasteiger partial charge in [0.1, 0.15) is 35.2 Å². The van der Waals surface area contributed by atoms with E-state index in [1.165, 1.54) is 26.4 Å². The van der Waals surface area contributed by atoms with Crippen LogP contribution >= 0.6 is 0 Å². The Bertz CT molecular complexity index is 992. The zero-order chi connectivity index (χ0) is 20.6. The van der Waals surface area contributed by atoms with Crippen LogP contribution in [0.25, 0.3) is 6.08 Å². The first-order chi connectivity index (χ1) is 14.1. The van der Waals surface area contributed by atoms with E-state index in [2.05, 4.69) is 0 Å². The predicted molar refractivity (Wildman–Crippen MR) is 112 cm³/mol. The molecule has 1 N–H and O–H groups in total. The summed E-state index contributed by atoms with van der Waals surface area (Å²) in [6.45, 7) is 0.491. The first-order valence-electron chi connectivity index (χ1n) is 9.05. The Morgan fingerprint density at radius 3 is 2.31 bits per heavy atom. The molecule has 3 rings (SSSR count). The number of hydrogen-bond acceptors (Lipinski definition) is 5. The summed E-state index contributed by atoms with van der Waals surface area (Å²) in [5, 5.41) is 10.2. The summed E-state index contributed by atoms with van der Waals surface area (Å²) in [7, 11) is 2.91. The van der Waals surface area contributed by atoms with Gasteiger partial charge in [-0.3, -0.25) is 4.79 Å². The second-order valence-electron chi connectivity index (χ2n) is 6.26. The van der Waals surface area contributed by atoms with Crippen molar-refractivity contribution in [3.05, 3.63) is 89.5 Å². The highest BCUT2D eigenvalue weighted by atomic mass is 16.5. The number of phenols is 1. The van der Waals surface area contributed by atoms with Crippen LogP contribution in [0.15, 0.2) is 72.8 Å². The van der Waals surface area contributed by atoms with Gasteiger partial charge in [0, 0.05) is 12.1 Å². The third-order valence-corrected chi connectivity index (χ3v) is 4.31. The summed E-state index contributed by atoms with van der Waals surface area (Å²) in [5.74, 6) is 0.839. The van der Waals surface area contributed by atoms with E-state index in [9.17, 15) is 9.90 Å². The van der Waals surface area contributed by atoms with E-state index in [1.807, 2.05) is 54.6 Å². The molecule has 0 saturated heterocycles. The van der Waals surface area contributed by atoms with Crippen molar-refractivity contribution in [1.82, 2.24) is 0 Å². The first kappa shape index (κ1) is 20.0. The molecule has 0 radical (unpaired) electrons. The van der Waals surface area contributed by atoms with E-state index < -0.39 is 0 Å². The molecule has 0 heterocycles. The largest absolute Gasteiger partial charge is 0.507 e. The van der Waals surface area contributed by atoms with Gasteiger partial charge < -0.3 is 19.3 Å². The lowest BCUT2D eigenvalue weighted by Crippen LogP contribution is -2.00. The molecule has 3 aromatic carbocycles. The molecule has 29 heavy (non-hydrogen) atoms. The molecule has 5 heteroatoms. The molecular formula is C24H22O5. The molecule has 0 aliphatic carbocycles. The van der Waals surface area contributed by atoms with Gasteiger partial charge in [-0.1, -0.05) is 48.5 Å². The van der Waals surface area contributed by atoms with E-state index in [0.29, 0.717) is 12.4 Å². The van der Waals surface area contributed by atoms with Crippen LogP contribution in [0.5, 0.6) is 23.0 Å². The van der Waals surface area contributed by atoms with E-state index in [1.54, 1.807) is 12.1 Å². The Kier molecular flexibility index (Phi) is 6.53. The minimum atomic E-state index is -0.369. The number of ether oxygens (including phenoxy) is 3. The number of hydrogen-bond donors (Lipinski definition) is 1. The van der Waals surface area contributed by atoms with Crippen LogP contribution in [-0.4, -0.2) is 25.1 Å². The van der Waals surface area contributed by atoms with Crippen molar-refractivity contribution >= 4 is 11.9 Å². The van der Waals surface area contributed by atoms with Gasteiger partial charge in [0.2, 0.25) is 0 Å². The van der Waals surface area contributed by atoms with E-state index >= 15 is 0 Å². The monoisotopic (exact) mass is 390 g/mol. The molecule has 0 aromatic heterocycles. The summed E-state index contributed by atoms with van der Waals surface area (Å²) in [6.07, 6.45) is 3.07. The second-order valence-corrected chi connectivity index (χ2v) is 6.26. The molecule has 0 spiro atoms. The van der Waals surface area contributed by atoms with Crippen LogP contribution in [0.3, 0.4) is 0 Å². The van der Waals surface area contributed by atoms with Crippen LogP contribution in [-0.2, 0) is 6.61 Å². The summed E-state index contributed by atoms with van der Waals surface area (Å²) in [4.78, 5) is 12.6. The SMILES string of the molecule is COc1cc(O)c(C(=O)/C=C/c2ccc(OCc3ccccc3)cc2)c(OC)c1. The lowest BCUT2D eigenvalue weighted by Gasteiger charge is -2.10. The van der Waals surface area contributed by atoms with Gasteiger partial charge in [0.15, 0.2) is 5.78 Å². The third-order valence-electron chi connectivity index (χ3n) is 4.31. The molecule has 0 unspecified atom stereocenters. The van der Waals surface area contributed by atoms with Crippen molar-refractivity contribution in [2.24, 2.45) is 0 Å². The molecule has 0 aliphatic rings. The Morgan fingerprint density at radius 2 is 1.66 bits per heavy atom. The van der Waals surface area contributed by atoms with Crippen LogP contribution in [0, 0.1) is 0 Å². The van der Waals surface area contributed by atoms with Crippen molar-refractivity contribution < 1.29 is 24.1 Å². The Labute approximate surface area is 169 Å². The second kappa shape index (κ2) is 9.46. The van der Waals surface area contributed by atoms with E-state index in [-0.39, 0.29) is 22.8 Å². The topological polar surface area (TPSA) is 65.0 Å². The lowest BCUT2D eigenvalue weighted by molar-refractivity contribution is 0.104. The zero-order valence-electron chi connectivity index (χ0n) is 16.3.